The van der Waals surface area contributed by atoms with Crippen molar-refractivity contribution in [3.8, 4) is 0 Å². The summed E-state index contributed by atoms with van der Waals surface area (Å²) in [4.78, 5) is 15.4. The molecule has 32 heavy (non-hydrogen) atoms. The maximum Gasteiger partial charge on any atom is 0.156 e. The molecule has 0 atom stereocenters. The van der Waals surface area contributed by atoms with Gasteiger partial charge in [0.1, 0.15) is 12.9 Å². The van der Waals surface area contributed by atoms with E-state index in [1.807, 2.05) is 39.0 Å². The first kappa shape index (κ1) is 24.7. The van der Waals surface area contributed by atoms with Crippen LogP contribution in [0, 0.1) is 24.2 Å². The van der Waals surface area contributed by atoms with E-state index < -0.39 is 0 Å². The molecule has 0 saturated heterocycles. The molecule has 0 unspecified atom stereocenters. The fourth-order valence-corrected chi connectivity index (χ4v) is 3.37. The Hall–Kier alpha value is -3.55. The molecule has 2 N–H and O–H groups in total. The molecule has 1 aliphatic heterocycles. The summed E-state index contributed by atoms with van der Waals surface area (Å²) in [6.45, 7) is 17.0. The molecular weight excluding hydrogens is 402 g/mol. The van der Waals surface area contributed by atoms with E-state index in [-0.39, 0.29) is 6.54 Å². The molecular formula is C24H33N7O. The summed E-state index contributed by atoms with van der Waals surface area (Å²) in [5.74, 6) is 0.833. The predicted octanol–water partition coefficient (Wildman–Crippen LogP) is 4.85. The third-order valence-corrected chi connectivity index (χ3v) is 5.58. The van der Waals surface area contributed by atoms with Crippen LogP contribution in [0.1, 0.15) is 44.9 Å². The summed E-state index contributed by atoms with van der Waals surface area (Å²) >= 11 is 0. The molecule has 1 aliphatic rings. The molecule has 0 aromatic carbocycles. The molecule has 0 fully saturated rings. The van der Waals surface area contributed by atoms with Crippen LogP contribution in [0.4, 0.5) is 0 Å². The van der Waals surface area contributed by atoms with E-state index in [0.717, 1.165) is 34.8 Å². The van der Waals surface area contributed by atoms with Crippen LogP contribution in [0.15, 0.2) is 63.6 Å². The number of hydrogen-bond acceptors (Lipinski definition) is 6. The van der Waals surface area contributed by atoms with E-state index >= 15 is 0 Å². The van der Waals surface area contributed by atoms with E-state index in [1.165, 1.54) is 16.2 Å². The zero-order valence-corrected chi connectivity index (χ0v) is 19.9. The monoisotopic (exact) mass is 435 g/mol. The molecule has 2 rings (SSSR count). The summed E-state index contributed by atoms with van der Waals surface area (Å²) in [5.41, 5.74) is 7.58. The number of nitrogens with one attached hydrogen (secondary N) is 2. The van der Waals surface area contributed by atoms with Gasteiger partial charge in [0, 0.05) is 18.8 Å². The van der Waals surface area contributed by atoms with Crippen molar-refractivity contribution in [1.82, 2.24) is 19.9 Å². The Morgan fingerprint density at radius 1 is 1.38 bits per heavy atom. The maximum absolute atomic E-state index is 10.6. The van der Waals surface area contributed by atoms with E-state index in [0.29, 0.717) is 24.5 Å². The number of nitroso groups, excluding NO2 is 1. The molecule has 1 aromatic heterocycles. The van der Waals surface area contributed by atoms with Crippen LogP contribution < -0.4 is 5.32 Å². The van der Waals surface area contributed by atoms with E-state index in [4.69, 9.17) is 10.4 Å². The Bertz CT molecular complexity index is 1050. The van der Waals surface area contributed by atoms with Crippen LogP contribution in [0.5, 0.6) is 0 Å². The van der Waals surface area contributed by atoms with Crippen molar-refractivity contribution in [3.05, 3.63) is 75.4 Å². The summed E-state index contributed by atoms with van der Waals surface area (Å²) in [6, 6.07) is 0. The molecule has 8 heteroatoms. The third kappa shape index (κ3) is 5.57. The van der Waals surface area contributed by atoms with Crippen molar-refractivity contribution in [2.24, 2.45) is 10.3 Å². The highest BCUT2D eigenvalue weighted by molar-refractivity contribution is 5.84. The topological polar surface area (TPSA) is 98.7 Å². The number of hydrogen-bond donors (Lipinski definition) is 2. The molecule has 2 heterocycles. The molecule has 0 aliphatic carbocycles. The van der Waals surface area contributed by atoms with E-state index in [1.54, 1.807) is 6.92 Å². The lowest BCUT2D eigenvalue weighted by molar-refractivity contribution is 0.574. The number of nitrogens with zero attached hydrogens (tertiary/aromatic N) is 5. The van der Waals surface area contributed by atoms with Crippen LogP contribution >= 0.6 is 0 Å². The molecule has 1 aromatic rings. The molecule has 0 spiro atoms. The van der Waals surface area contributed by atoms with Gasteiger partial charge in [-0.05, 0) is 64.8 Å². The number of rotatable bonds is 10. The fraction of sp³-hybridized carbons (Fsp3) is 0.375. The number of aryl methyl sites for hydroxylation is 1. The Morgan fingerprint density at radius 2 is 2.09 bits per heavy atom. The Balaban J connectivity index is 2.52. The average molecular weight is 436 g/mol. The first-order valence-electron chi connectivity index (χ1n) is 10.6. The lowest BCUT2D eigenvalue weighted by Gasteiger charge is -2.17. The van der Waals surface area contributed by atoms with Gasteiger partial charge in [0.25, 0.3) is 0 Å². The van der Waals surface area contributed by atoms with Gasteiger partial charge >= 0.3 is 0 Å². The zero-order chi connectivity index (χ0) is 23.8. The minimum Gasteiger partial charge on any atom is -0.378 e. The Kier molecular flexibility index (Phi) is 8.63. The second-order valence-corrected chi connectivity index (χ2v) is 7.69. The lowest BCUT2D eigenvalue weighted by atomic mass is 10.0. The Labute approximate surface area is 190 Å². The van der Waals surface area contributed by atoms with E-state index in [2.05, 4.69) is 46.7 Å². The highest BCUT2D eigenvalue weighted by Gasteiger charge is 2.20. The van der Waals surface area contributed by atoms with Crippen LogP contribution in [0.25, 0.3) is 5.70 Å². The number of imidazole rings is 1. The smallest absolute Gasteiger partial charge is 0.156 e. The average Bonchev–Trinajstić information content (AvgIpc) is 2.95. The molecule has 0 saturated carbocycles. The van der Waals surface area contributed by atoms with Gasteiger partial charge < -0.3 is 9.88 Å². The zero-order valence-electron chi connectivity index (χ0n) is 19.9. The molecule has 170 valence electrons. The van der Waals surface area contributed by atoms with Crippen LogP contribution in [-0.4, -0.2) is 39.7 Å². The number of fused-ring (bicyclic) bond motifs is 1. The minimum atomic E-state index is -0.0239. The van der Waals surface area contributed by atoms with Crippen molar-refractivity contribution in [2.45, 2.75) is 48.1 Å². The summed E-state index contributed by atoms with van der Waals surface area (Å²) in [5, 5.41) is 20.1. The van der Waals surface area contributed by atoms with Gasteiger partial charge in [-0.3, -0.25) is 5.41 Å². The second kappa shape index (κ2) is 11.2. The lowest BCUT2D eigenvalue weighted by Crippen LogP contribution is -2.21. The van der Waals surface area contributed by atoms with Crippen molar-refractivity contribution >= 4 is 17.7 Å². The minimum absolute atomic E-state index is 0.0239. The molecule has 8 nitrogen and oxygen atoms in total. The molecule has 0 radical (unpaired) electrons. The number of hydrazone groups is 1. The highest BCUT2D eigenvalue weighted by Crippen LogP contribution is 2.24. The van der Waals surface area contributed by atoms with Gasteiger partial charge in [-0.15, -0.1) is 0 Å². The first-order chi connectivity index (χ1) is 15.3. The quantitative estimate of drug-likeness (QED) is 0.180. The van der Waals surface area contributed by atoms with Gasteiger partial charge in [0.05, 0.1) is 22.8 Å². The van der Waals surface area contributed by atoms with Gasteiger partial charge in [0.15, 0.2) is 5.82 Å². The molecule has 0 amide bonds. The predicted molar refractivity (Wildman–Crippen MR) is 132 cm³/mol. The normalized spacial score (nSPS) is 15.1. The van der Waals surface area contributed by atoms with Crippen LogP contribution in [-0.2, 0) is 6.54 Å². The molecule has 0 bridgehead atoms. The van der Waals surface area contributed by atoms with Crippen LogP contribution in [0.3, 0.4) is 0 Å². The number of aromatic nitrogens is 2. The standard InChI is InChI=1S/C24H33N7O/c1-8-16(3)22(17(4)9-2)14-26-23-12-21(31(15-25)29-18(5)13-27-32)10-11-30-20(7)19(6)28-24(23)30/h8-10,12,15,25-26H,1,11,13-14H2,2-7H3/b17-9-,22-16-,25-15?,29-18+. The Morgan fingerprint density at radius 3 is 2.69 bits per heavy atom. The van der Waals surface area contributed by atoms with Crippen LogP contribution in [0.2, 0.25) is 0 Å². The fourth-order valence-electron chi connectivity index (χ4n) is 3.37. The first-order valence-corrected chi connectivity index (χ1v) is 10.6. The largest absolute Gasteiger partial charge is 0.378 e. The van der Waals surface area contributed by atoms with Crippen molar-refractivity contribution in [1.29, 1.82) is 5.41 Å². The SMILES string of the molecule is C=C/C(C)=C(CNC1=CC(N(C=N)/N=C(\C)CN=O)=CCn2c1nc(C)c2C)\C(C)=C/C. The number of allylic oxidation sites excluding steroid dienone is 5. The van der Waals surface area contributed by atoms with Gasteiger partial charge in [-0.25, -0.2) is 9.99 Å². The second-order valence-electron chi connectivity index (χ2n) is 7.69. The highest BCUT2D eigenvalue weighted by atomic mass is 16.3. The van der Waals surface area contributed by atoms with Crippen molar-refractivity contribution in [2.75, 3.05) is 13.1 Å². The summed E-state index contributed by atoms with van der Waals surface area (Å²) in [6.07, 6.45) is 9.00. The van der Waals surface area contributed by atoms with Gasteiger partial charge in [-0.2, -0.15) is 10.0 Å². The van der Waals surface area contributed by atoms with Crippen molar-refractivity contribution < 1.29 is 0 Å². The van der Waals surface area contributed by atoms with Gasteiger partial charge in [-0.1, -0.05) is 29.5 Å². The van der Waals surface area contributed by atoms with E-state index in [9.17, 15) is 4.91 Å². The third-order valence-electron chi connectivity index (χ3n) is 5.58. The summed E-state index contributed by atoms with van der Waals surface area (Å²) < 4.78 is 2.14. The van der Waals surface area contributed by atoms with Gasteiger partial charge in [0.2, 0.25) is 0 Å². The maximum atomic E-state index is 10.6. The van der Waals surface area contributed by atoms with Crippen molar-refractivity contribution in [3.63, 3.8) is 0 Å². The summed E-state index contributed by atoms with van der Waals surface area (Å²) in [7, 11) is 0.